The molecule has 0 unspecified atom stereocenters. The van der Waals surface area contributed by atoms with E-state index in [-0.39, 0.29) is 12.1 Å². The van der Waals surface area contributed by atoms with Crippen molar-refractivity contribution in [3.05, 3.63) is 27.6 Å². The Bertz CT molecular complexity index is 670. The second kappa shape index (κ2) is 4.20. The van der Waals surface area contributed by atoms with Gasteiger partial charge in [0.1, 0.15) is 4.70 Å². The monoisotopic (exact) mass is 266 g/mol. The van der Waals surface area contributed by atoms with E-state index in [1.807, 2.05) is 12.3 Å². The van der Waals surface area contributed by atoms with Crippen LogP contribution in [0.25, 0.3) is 10.2 Å². The van der Waals surface area contributed by atoms with Gasteiger partial charge >= 0.3 is 5.97 Å². The van der Waals surface area contributed by atoms with E-state index in [4.69, 9.17) is 5.11 Å². The van der Waals surface area contributed by atoms with Crippen molar-refractivity contribution in [3.63, 3.8) is 0 Å². The molecular formula is C12H14N2O3S. The number of aromatic nitrogens is 2. The van der Waals surface area contributed by atoms with Crippen molar-refractivity contribution < 1.29 is 9.90 Å². The minimum Gasteiger partial charge on any atom is -0.481 e. The van der Waals surface area contributed by atoms with E-state index in [1.54, 1.807) is 13.8 Å². The Kier molecular flexibility index (Phi) is 2.98. The van der Waals surface area contributed by atoms with E-state index in [2.05, 4.69) is 4.98 Å². The van der Waals surface area contributed by atoms with Gasteiger partial charge in [-0.3, -0.25) is 14.2 Å². The molecular weight excluding hydrogens is 252 g/mol. The molecule has 1 N–H and O–H groups in total. The molecule has 18 heavy (non-hydrogen) atoms. The van der Waals surface area contributed by atoms with Gasteiger partial charge in [0.25, 0.3) is 5.56 Å². The maximum absolute atomic E-state index is 12.2. The van der Waals surface area contributed by atoms with Crippen LogP contribution >= 0.6 is 11.3 Å². The van der Waals surface area contributed by atoms with E-state index in [0.717, 1.165) is 5.56 Å². The summed E-state index contributed by atoms with van der Waals surface area (Å²) in [5.74, 6) is -0.933. The maximum atomic E-state index is 12.2. The molecule has 0 aliphatic carbocycles. The Morgan fingerprint density at radius 3 is 2.83 bits per heavy atom. The fraction of sp³-hybridized carbons (Fsp3) is 0.417. The molecule has 96 valence electrons. The highest BCUT2D eigenvalue weighted by atomic mass is 32.1. The number of thiophene rings is 1. The van der Waals surface area contributed by atoms with Crippen LogP contribution in [-0.4, -0.2) is 20.6 Å². The first-order valence-corrected chi connectivity index (χ1v) is 6.37. The van der Waals surface area contributed by atoms with E-state index in [9.17, 15) is 9.59 Å². The van der Waals surface area contributed by atoms with Gasteiger partial charge in [-0.1, -0.05) is 0 Å². The number of carboxylic acids is 1. The van der Waals surface area contributed by atoms with Crippen LogP contribution in [0, 0.1) is 12.3 Å². The zero-order valence-electron chi connectivity index (χ0n) is 10.4. The molecule has 0 atom stereocenters. The van der Waals surface area contributed by atoms with Crippen LogP contribution in [0.15, 0.2) is 16.5 Å². The van der Waals surface area contributed by atoms with E-state index >= 15 is 0 Å². The van der Waals surface area contributed by atoms with Crippen molar-refractivity contribution in [2.24, 2.45) is 5.41 Å². The quantitative estimate of drug-likeness (QED) is 0.920. The molecule has 0 radical (unpaired) electrons. The molecule has 2 aromatic heterocycles. The van der Waals surface area contributed by atoms with E-state index in [1.165, 1.54) is 22.2 Å². The van der Waals surface area contributed by atoms with Gasteiger partial charge in [0.15, 0.2) is 0 Å². The molecule has 6 heteroatoms. The number of aryl methyl sites for hydroxylation is 1. The largest absolute Gasteiger partial charge is 0.481 e. The first-order chi connectivity index (χ1) is 8.33. The lowest BCUT2D eigenvalue weighted by atomic mass is 9.94. The summed E-state index contributed by atoms with van der Waals surface area (Å²) in [7, 11) is 0. The molecule has 0 bridgehead atoms. The molecule has 0 aliphatic heterocycles. The lowest BCUT2D eigenvalue weighted by molar-refractivity contribution is -0.147. The first-order valence-electron chi connectivity index (χ1n) is 5.49. The highest BCUT2D eigenvalue weighted by Crippen LogP contribution is 2.21. The predicted octanol–water partition coefficient (Wildman–Crippen LogP) is 1.88. The summed E-state index contributed by atoms with van der Waals surface area (Å²) in [6.07, 6.45) is 1.43. The SMILES string of the molecule is Cc1csc2c(=O)n(CC(C)(C)C(=O)O)cnc12. The minimum absolute atomic E-state index is 0.112. The molecule has 0 saturated heterocycles. The summed E-state index contributed by atoms with van der Waals surface area (Å²) in [4.78, 5) is 27.5. The van der Waals surface area contributed by atoms with Gasteiger partial charge in [0.2, 0.25) is 0 Å². The van der Waals surface area contributed by atoms with Crippen LogP contribution < -0.4 is 5.56 Å². The lowest BCUT2D eigenvalue weighted by Crippen LogP contribution is -2.34. The summed E-state index contributed by atoms with van der Waals surface area (Å²) in [5, 5.41) is 11.0. The molecule has 0 saturated carbocycles. The van der Waals surface area contributed by atoms with Crippen LogP contribution in [-0.2, 0) is 11.3 Å². The number of carbonyl (C=O) groups is 1. The minimum atomic E-state index is -0.995. The third-order valence-electron chi connectivity index (χ3n) is 2.87. The van der Waals surface area contributed by atoms with Crippen molar-refractivity contribution in [2.45, 2.75) is 27.3 Å². The molecule has 5 nitrogen and oxygen atoms in total. The third-order valence-corrected chi connectivity index (χ3v) is 3.94. The van der Waals surface area contributed by atoms with Gasteiger partial charge in [-0.05, 0) is 31.7 Å². The second-order valence-corrected chi connectivity index (χ2v) is 5.84. The van der Waals surface area contributed by atoms with Gasteiger partial charge in [-0.25, -0.2) is 4.98 Å². The molecule has 0 spiro atoms. The van der Waals surface area contributed by atoms with Gasteiger partial charge in [-0.15, -0.1) is 11.3 Å². The van der Waals surface area contributed by atoms with E-state index in [0.29, 0.717) is 10.2 Å². The van der Waals surface area contributed by atoms with Gasteiger partial charge in [-0.2, -0.15) is 0 Å². The average Bonchev–Trinajstić information content (AvgIpc) is 2.65. The topological polar surface area (TPSA) is 72.2 Å². The second-order valence-electron chi connectivity index (χ2n) is 4.96. The van der Waals surface area contributed by atoms with Crippen LogP contribution in [0.2, 0.25) is 0 Å². The Morgan fingerprint density at radius 2 is 2.22 bits per heavy atom. The Hall–Kier alpha value is -1.69. The summed E-state index contributed by atoms with van der Waals surface area (Å²) in [5.41, 5.74) is 0.504. The molecule has 0 amide bonds. The third kappa shape index (κ3) is 2.03. The summed E-state index contributed by atoms with van der Waals surface area (Å²) < 4.78 is 1.95. The predicted molar refractivity (Wildman–Crippen MR) is 70.0 cm³/mol. The molecule has 2 heterocycles. The smallest absolute Gasteiger partial charge is 0.310 e. The average molecular weight is 266 g/mol. The standard InChI is InChI=1S/C12H14N2O3S/c1-7-4-18-9-8(7)13-6-14(10(9)15)5-12(2,3)11(16)17/h4,6H,5H2,1-3H3,(H,16,17). The van der Waals surface area contributed by atoms with Crippen LogP contribution in [0.4, 0.5) is 0 Å². The number of hydrogen-bond donors (Lipinski definition) is 1. The normalized spacial score (nSPS) is 11.9. The molecule has 0 aromatic carbocycles. The number of nitrogens with zero attached hydrogens (tertiary/aromatic N) is 2. The van der Waals surface area contributed by atoms with Crippen LogP contribution in [0.3, 0.4) is 0 Å². The Labute approximate surface area is 108 Å². The van der Waals surface area contributed by atoms with Crippen LogP contribution in [0.5, 0.6) is 0 Å². The first kappa shape index (κ1) is 12.8. The van der Waals surface area contributed by atoms with Crippen molar-refractivity contribution in [2.75, 3.05) is 0 Å². The maximum Gasteiger partial charge on any atom is 0.310 e. The van der Waals surface area contributed by atoms with Gasteiger partial charge in [0, 0.05) is 6.54 Å². The number of aliphatic carboxylic acids is 1. The fourth-order valence-corrected chi connectivity index (χ4v) is 2.62. The number of hydrogen-bond acceptors (Lipinski definition) is 4. The highest BCUT2D eigenvalue weighted by molar-refractivity contribution is 7.17. The molecule has 0 fully saturated rings. The van der Waals surface area contributed by atoms with Crippen molar-refractivity contribution >= 4 is 27.5 Å². The zero-order valence-corrected chi connectivity index (χ0v) is 11.2. The molecule has 0 aliphatic rings. The molecule has 2 rings (SSSR count). The Morgan fingerprint density at radius 1 is 1.56 bits per heavy atom. The zero-order chi connectivity index (χ0) is 13.5. The van der Waals surface area contributed by atoms with E-state index < -0.39 is 11.4 Å². The van der Waals surface area contributed by atoms with Crippen molar-refractivity contribution in [1.82, 2.24) is 9.55 Å². The Balaban J connectivity index is 2.51. The number of rotatable bonds is 3. The number of carboxylic acid groups (broad SMARTS) is 1. The summed E-state index contributed by atoms with van der Waals surface area (Å²) in [6, 6.07) is 0. The fourth-order valence-electron chi connectivity index (χ4n) is 1.67. The van der Waals surface area contributed by atoms with Crippen molar-refractivity contribution in [3.8, 4) is 0 Å². The van der Waals surface area contributed by atoms with Crippen LogP contribution in [0.1, 0.15) is 19.4 Å². The highest BCUT2D eigenvalue weighted by Gasteiger charge is 2.28. The number of fused-ring (bicyclic) bond motifs is 1. The lowest BCUT2D eigenvalue weighted by Gasteiger charge is -2.19. The summed E-state index contributed by atoms with van der Waals surface area (Å²) >= 11 is 1.35. The molecule has 2 aromatic rings. The van der Waals surface area contributed by atoms with Gasteiger partial charge in [0.05, 0.1) is 17.3 Å². The van der Waals surface area contributed by atoms with Crippen molar-refractivity contribution in [1.29, 1.82) is 0 Å². The summed E-state index contributed by atoms with van der Waals surface area (Å²) in [6.45, 7) is 5.19. The van der Waals surface area contributed by atoms with Gasteiger partial charge < -0.3 is 5.11 Å².